The third kappa shape index (κ3) is 2.87. The van der Waals surface area contributed by atoms with E-state index in [2.05, 4.69) is 10.2 Å². The zero-order valence-corrected chi connectivity index (χ0v) is 10.8. The highest BCUT2D eigenvalue weighted by Gasteiger charge is 2.18. The number of carbonyl (C=O) groups is 1. The van der Waals surface area contributed by atoms with Gasteiger partial charge in [0.2, 0.25) is 5.91 Å². The van der Waals surface area contributed by atoms with Crippen molar-refractivity contribution in [3.05, 3.63) is 17.0 Å². The molecule has 0 spiro atoms. The first-order chi connectivity index (χ1) is 8.18. The summed E-state index contributed by atoms with van der Waals surface area (Å²) in [5.41, 5.74) is 3.04. The average molecular weight is 235 g/mol. The van der Waals surface area contributed by atoms with Crippen LogP contribution in [0.5, 0.6) is 0 Å². The molecule has 1 N–H and O–H groups in total. The van der Waals surface area contributed by atoms with E-state index in [9.17, 15) is 4.79 Å². The highest BCUT2D eigenvalue weighted by molar-refractivity contribution is 5.79. The lowest BCUT2D eigenvalue weighted by Crippen LogP contribution is -2.33. The molecule has 0 aromatic carbocycles. The molecular formula is C13H21N3O. The Hall–Kier alpha value is -1.32. The van der Waals surface area contributed by atoms with E-state index in [1.807, 2.05) is 18.7 Å². The van der Waals surface area contributed by atoms with Crippen molar-refractivity contribution in [3.8, 4) is 0 Å². The van der Waals surface area contributed by atoms with Crippen molar-refractivity contribution in [2.24, 2.45) is 0 Å². The topological polar surface area (TPSA) is 49.0 Å². The molecule has 17 heavy (non-hydrogen) atoms. The third-order valence-electron chi connectivity index (χ3n) is 3.57. The van der Waals surface area contributed by atoms with Crippen molar-refractivity contribution in [2.45, 2.75) is 46.0 Å². The monoisotopic (exact) mass is 235 g/mol. The molecule has 0 saturated carbocycles. The lowest BCUT2D eigenvalue weighted by Gasteiger charge is -2.20. The number of rotatable bonds is 2. The second-order valence-electron chi connectivity index (χ2n) is 4.88. The van der Waals surface area contributed by atoms with E-state index in [0.29, 0.717) is 6.42 Å². The number of amides is 1. The Balaban J connectivity index is 2.00. The van der Waals surface area contributed by atoms with Gasteiger partial charge in [0, 0.05) is 24.3 Å². The predicted molar refractivity (Wildman–Crippen MR) is 66.8 cm³/mol. The molecule has 1 aromatic rings. The minimum Gasteiger partial charge on any atom is -0.342 e. The Bertz CT molecular complexity index is 370. The summed E-state index contributed by atoms with van der Waals surface area (Å²) in [6.07, 6.45) is 5.31. The first-order valence-electron chi connectivity index (χ1n) is 6.46. The second-order valence-corrected chi connectivity index (χ2v) is 4.88. The van der Waals surface area contributed by atoms with Crippen LogP contribution in [-0.2, 0) is 11.2 Å². The number of nitrogens with zero attached hydrogens (tertiary/aromatic N) is 2. The summed E-state index contributed by atoms with van der Waals surface area (Å²) in [6.45, 7) is 5.78. The van der Waals surface area contributed by atoms with E-state index >= 15 is 0 Å². The lowest BCUT2D eigenvalue weighted by molar-refractivity contribution is -0.130. The Labute approximate surface area is 102 Å². The molecule has 0 atom stereocenters. The van der Waals surface area contributed by atoms with E-state index < -0.39 is 0 Å². The van der Waals surface area contributed by atoms with Gasteiger partial charge in [0.15, 0.2) is 0 Å². The normalized spacial score (nSPS) is 16.9. The molecule has 4 heteroatoms. The third-order valence-corrected chi connectivity index (χ3v) is 3.57. The largest absolute Gasteiger partial charge is 0.342 e. The van der Waals surface area contributed by atoms with Gasteiger partial charge in [0.1, 0.15) is 0 Å². The van der Waals surface area contributed by atoms with Crippen LogP contribution in [0.3, 0.4) is 0 Å². The molecule has 2 heterocycles. The van der Waals surface area contributed by atoms with Gasteiger partial charge in [-0.05, 0) is 26.7 Å². The highest BCUT2D eigenvalue weighted by atomic mass is 16.2. The first-order valence-corrected chi connectivity index (χ1v) is 6.46. The number of nitrogens with one attached hydrogen (secondary N) is 1. The van der Waals surface area contributed by atoms with Gasteiger partial charge in [-0.3, -0.25) is 9.89 Å². The maximum Gasteiger partial charge on any atom is 0.227 e. The summed E-state index contributed by atoms with van der Waals surface area (Å²) in [5, 5.41) is 7.07. The highest BCUT2D eigenvalue weighted by Crippen LogP contribution is 2.14. The summed E-state index contributed by atoms with van der Waals surface area (Å²) in [4.78, 5) is 14.2. The number of H-pyrrole nitrogens is 1. The van der Waals surface area contributed by atoms with Crippen LogP contribution in [0.15, 0.2) is 0 Å². The van der Waals surface area contributed by atoms with Crippen LogP contribution in [0.25, 0.3) is 0 Å². The molecule has 1 aliphatic rings. The van der Waals surface area contributed by atoms with Crippen molar-refractivity contribution in [1.82, 2.24) is 15.1 Å². The molecule has 0 aliphatic carbocycles. The number of aromatic amines is 1. The van der Waals surface area contributed by atoms with E-state index in [0.717, 1.165) is 42.9 Å². The molecule has 0 bridgehead atoms. The smallest absolute Gasteiger partial charge is 0.227 e. The number of carbonyl (C=O) groups excluding carboxylic acids is 1. The molecule has 1 saturated heterocycles. The fourth-order valence-electron chi connectivity index (χ4n) is 2.42. The van der Waals surface area contributed by atoms with Gasteiger partial charge in [0.05, 0.1) is 12.1 Å². The molecule has 1 aliphatic heterocycles. The summed E-state index contributed by atoms with van der Waals surface area (Å²) < 4.78 is 0. The maximum absolute atomic E-state index is 12.2. The quantitative estimate of drug-likeness (QED) is 0.852. The summed E-state index contributed by atoms with van der Waals surface area (Å²) in [6, 6.07) is 0. The van der Waals surface area contributed by atoms with E-state index in [1.165, 1.54) is 12.8 Å². The predicted octanol–water partition coefficient (Wildman–Crippen LogP) is 1.97. The van der Waals surface area contributed by atoms with Gasteiger partial charge in [0.25, 0.3) is 0 Å². The van der Waals surface area contributed by atoms with Crippen molar-refractivity contribution in [1.29, 1.82) is 0 Å². The first kappa shape index (κ1) is 12.1. The molecular weight excluding hydrogens is 214 g/mol. The van der Waals surface area contributed by atoms with Gasteiger partial charge in [-0.1, -0.05) is 12.8 Å². The standard InChI is InChI=1S/C13H21N3O/c1-10-12(11(2)15-14-10)9-13(17)16-7-5-3-4-6-8-16/h3-9H2,1-2H3,(H,14,15). The van der Waals surface area contributed by atoms with Gasteiger partial charge in [-0.25, -0.2) is 0 Å². The number of aromatic nitrogens is 2. The minimum absolute atomic E-state index is 0.250. The lowest BCUT2D eigenvalue weighted by atomic mass is 10.1. The summed E-state index contributed by atoms with van der Waals surface area (Å²) in [7, 11) is 0. The van der Waals surface area contributed by atoms with Crippen LogP contribution >= 0.6 is 0 Å². The average Bonchev–Trinajstić information content (AvgIpc) is 2.59. The van der Waals surface area contributed by atoms with Gasteiger partial charge >= 0.3 is 0 Å². The molecule has 1 fully saturated rings. The van der Waals surface area contributed by atoms with Gasteiger partial charge < -0.3 is 4.90 Å². The number of likely N-dealkylation sites (tertiary alicyclic amines) is 1. The van der Waals surface area contributed by atoms with Crippen LogP contribution in [0.1, 0.15) is 42.6 Å². The zero-order chi connectivity index (χ0) is 12.3. The van der Waals surface area contributed by atoms with Gasteiger partial charge in [-0.2, -0.15) is 5.10 Å². The number of aryl methyl sites for hydroxylation is 2. The fraction of sp³-hybridized carbons (Fsp3) is 0.692. The Morgan fingerprint density at radius 1 is 1.24 bits per heavy atom. The molecule has 1 aromatic heterocycles. The van der Waals surface area contributed by atoms with Crippen LogP contribution in [0.4, 0.5) is 0 Å². The molecule has 94 valence electrons. The van der Waals surface area contributed by atoms with Crippen molar-refractivity contribution >= 4 is 5.91 Å². The Kier molecular flexibility index (Phi) is 3.82. The van der Waals surface area contributed by atoms with Crippen LogP contribution in [-0.4, -0.2) is 34.1 Å². The van der Waals surface area contributed by atoms with E-state index in [4.69, 9.17) is 0 Å². The van der Waals surface area contributed by atoms with E-state index in [1.54, 1.807) is 0 Å². The fourth-order valence-corrected chi connectivity index (χ4v) is 2.42. The van der Waals surface area contributed by atoms with Crippen LogP contribution in [0.2, 0.25) is 0 Å². The molecule has 0 radical (unpaired) electrons. The molecule has 1 amide bonds. The molecule has 4 nitrogen and oxygen atoms in total. The van der Waals surface area contributed by atoms with Gasteiger partial charge in [-0.15, -0.1) is 0 Å². The number of hydrogen-bond acceptors (Lipinski definition) is 2. The zero-order valence-electron chi connectivity index (χ0n) is 10.8. The van der Waals surface area contributed by atoms with Crippen molar-refractivity contribution in [3.63, 3.8) is 0 Å². The SMILES string of the molecule is Cc1n[nH]c(C)c1CC(=O)N1CCCCCC1. The Morgan fingerprint density at radius 3 is 2.41 bits per heavy atom. The summed E-state index contributed by atoms with van der Waals surface area (Å²) >= 11 is 0. The van der Waals surface area contributed by atoms with Crippen LogP contribution < -0.4 is 0 Å². The molecule has 0 unspecified atom stereocenters. The Morgan fingerprint density at radius 2 is 1.88 bits per heavy atom. The minimum atomic E-state index is 0.250. The molecule has 2 rings (SSSR count). The van der Waals surface area contributed by atoms with Crippen LogP contribution in [0, 0.1) is 13.8 Å². The van der Waals surface area contributed by atoms with E-state index in [-0.39, 0.29) is 5.91 Å². The summed E-state index contributed by atoms with van der Waals surface area (Å²) in [5.74, 6) is 0.250. The van der Waals surface area contributed by atoms with Crippen molar-refractivity contribution in [2.75, 3.05) is 13.1 Å². The second kappa shape index (κ2) is 5.34. The van der Waals surface area contributed by atoms with Crippen molar-refractivity contribution < 1.29 is 4.79 Å². The maximum atomic E-state index is 12.2. The number of hydrogen-bond donors (Lipinski definition) is 1.